The number of aromatic hydroxyl groups is 1. The van der Waals surface area contributed by atoms with Crippen LogP contribution in [0.3, 0.4) is 0 Å². The topological polar surface area (TPSA) is 94.8 Å². The Hall–Kier alpha value is -1.94. The summed E-state index contributed by atoms with van der Waals surface area (Å²) in [6.45, 7) is 0. The maximum absolute atomic E-state index is 11.8. The molecular weight excluding hydrogens is 339 g/mol. The van der Waals surface area contributed by atoms with E-state index in [1.807, 2.05) is 12.1 Å². The fourth-order valence-corrected chi connectivity index (χ4v) is 4.00. The standard InChI is InChI=1S/C19H21O5P/c20-18-16(13-6-2-1-3-7-13)10-5-11-17(18)14-8-4-9-15(12-14)19(21)25(22,23)24/h4-5,8-13,20H,1-3,6-7H2,(H2,22,23,24). The highest BCUT2D eigenvalue weighted by molar-refractivity contribution is 7.70. The second-order valence-corrected chi connectivity index (χ2v) is 8.00. The highest BCUT2D eigenvalue weighted by atomic mass is 31.2. The first-order chi connectivity index (χ1) is 11.9. The Morgan fingerprint density at radius 2 is 1.68 bits per heavy atom. The highest BCUT2D eigenvalue weighted by Crippen LogP contribution is 2.43. The number of phenolic OH excluding ortho intramolecular Hbond substituents is 1. The van der Waals surface area contributed by atoms with Crippen LogP contribution in [0.5, 0.6) is 5.75 Å². The van der Waals surface area contributed by atoms with Gasteiger partial charge in [-0.25, -0.2) is 0 Å². The van der Waals surface area contributed by atoms with Gasteiger partial charge in [0.2, 0.25) is 0 Å². The molecule has 0 saturated heterocycles. The smallest absolute Gasteiger partial charge is 0.396 e. The summed E-state index contributed by atoms with van der Waals surface area (Å²) in [5.41, 5.74) is 0.771. The summed E-state index contributed by atoms with van der Waals surface area (Å²) in [6, 6.07) is 11.6. The van der Waals surface area contributed by atoms with E-state index in [0.29, 0.717) is 17.0 Å². The molecule has 0 aliphatic heterocycles. The van der Waals surface area contributed by atoms with E-state index >= 15 is 0 Å². The van der Waals surface area contributed by atoms with Crippen LogP contribution in [0.1, 0.15) is 53.9 Å². The second-order valence-electron chi connectivity index (χ2n) is 6.51. The Balaban J connectivity index is 2.00. The van der Waals surface area contributed by atoms with Gasteiger partial charge in [0.15, 0.2) is 0 Å². The van der Waals surface area contributed by atoms with Crippen LogP contribution in [0.15, 0.2) is 42.5 Å². The lowest BCUT2D eigenvalue weighted by Crippen LogP contribution is -2.05. The molecule has 3 N–H and O–H groups in total. The summed E-state index contributed by atoms with van der Waals surface area (Å²) in [6.07, 6.45) is 5.63. The van der Waals surface area contributed by atoms with Crippen molar-refractivity contribution >= 4 is 13.1 Å². The third-order valence-electron chi connectivity index (χ3n) is 4.80. The predicted octanol–water partition coefficient (Wildman–Crippen LogP) is 4.42. The van der Waals surface area contributed by atoms with Gasteiger partial charge in [-0.15, -0.1) is 0 Å². The molecule has 1 saturated carbocycles. The Labute approximate surface area is 146 Å². The van der Waals surface area contributed by atoms with Gasteiger partial charge in [-0.3, -0.25) is 9.36 Å². The van der Waals surface area contributed by atoms with Gasteiger partial charge in [-0.05, 0) is 36.0 Å². The van der Waals surface area contributed by atoms with Crippen LogP contribution in [-0.2, 0) is 4.57 Å². The van der Waals surface area contributed by atoms with E-state index in [4.69, 9.17) is 9.79 Å². The molecule has 2 aromatic rings. The van der Waals surface area contributed by atoms with Gasteiger partial charge in [0.25, 0.3) is 5.52 Å². The number of hydrogen-bond donors (Lipinski definition) is 3. The Bertz CT molecular complexity index is 833. The minimum absolute atomic E-state index is 0.0618. The highest BCUT2D eigenvalue weighted by Gasteiger charge is 2.27. The molecule has 0 heterocycles. The summed E-state index contributed by atoms with van der Waals surface area (Å²) in [5.74, 6) is 0.517. The van der Waals surface area contributed by atoms with Crippen LogP contribution in [0, 0.1) is 0 Å². The van der Waals surface area contributed by atoms with E-state index in [1.165, 1.54) is 18.6 Å². The van der Waals surface area contributed by atoms with Gasteiger partial charge in [0.1, 0.15) is 5.75 Å². The molecule has 1 aliphatic carbocycles. The number of carbonyl (C=O) groups excluding carboxylic acids is 1. The van der Waals surface area contributed by atoms with Crippen molar-refractivity contribution in [3.8, 4) is 16.9 Å². The van der Waals surface area contributed by atoms with Crippen molar-refractivity contribution in [3.05, 3.63) is 53.6 Å². The molecule has 0 atom stereocenters. The molecule has 1 fully saturated rings. The lowest BCUT2D eigenvalue weighted by molar-refractivity contribution is 0.104. The van der Waals surface area contributed by atoms with Gasteiger partial charge >= 0.3 is 7.60 Å². The number of rotatable bonds is 4. The average molecular weight is 360 g/mol. The van der Waals surface area contributed by atoms with Gasteiger partial charge < -0.3 is 14.9 Å². The Morgan fingerprint density at radius 3 is 2.36 bits per heavy atom. The Kier molecular flexibility index (Phi) is 5.09. The molecule has 6 heteroatoms. The average Bonchev–Trinajstić information content (AvgIpc) is 2.61. The summed E-state index contributed by atoms with van der Waals surface area (Å²) in [4.78, 5) is 30.0. The van der Waals surface area contributed by atoms with Gasteiger partial charge in [0.05, 0.1) is 0 Å². The maximum atomic E-state index is 11.8. The normalized spacial score (nSPS) is 15.9. The summed E-state index contributed by atoms with van der Waals surface area (Å²) in [5, 5.41) is 10.7. The molecule has 0 bridgehead atoms. The van der Waals surface area contributed by atoms with Gasteiger partial charge in [-0.1, -0.05) is 55.7 Å². The number of para-hydroxylation sites is 1. The number of hydrogen-bond acceptors (Lipinski definition) is 3. The molecule has 0 unspecified atom stereocenters. The fourth-order valence-electron chi connectivity index (χ4n) is 3.53. The van der Waals surface area contributed by atoms with Crippen LogP contribution in [0.4, 0.5) is 0 Å². The fraction of sp³-hybridized carbons (Fsp3) is 0.316. The first-order valence-electron chi connectivity index (χ1n) is 8.40. The van der Waals surface area contributed by atoms with Crippen molar-refractivity contribution in [3.63, 3.8) is 0 Å². The van der Waals surface area contributed by atoms with Crippen LogP contribution < -0.4 is 0 Å². The molecule has 0 aromatic heterocycles. The molecule has 0 radical (unpaired) electrons. The summed E-state index contributed by atoms with van der Waals surface area (Å²) in [7, 11) is -4.83. The van der Waals surface area contributed by atoms with Crippen LogP contribution in [-0.4, -0.2) is 20.4 Å². The van der Waals surface area contributed by atoms with Crippen LogP contribution in [0.25, 0.3) is 11.1 Å². The van der Waals surface area contributed by atoms with E-state index in [1.54, 1.807) is 18.2 Å². The molecule has 25 heavy (non-hydrogen) atoms. The quantitative estimate of drug-likeness (QED) is 0.702. The van der Waals surface area contributed by atoms with Crippen molar-refractivity contribution in [1.29, 1.82) is 0 Å². The van der Waals surface area contributed by atoms with Crippen molar-refractivity contribution in [2.45, 2.75) is 38.0 Å². The molecule has 0 amide bonds. The zero-order valence-electron chi connectivity index (χ0n) is 13.8. The second kappa shape index (κ2) is 7.12. The molecule has 0 spiro atoms. The summed E-state index contributed by atoms with van der Waals surface area (Å²) < 4.78 is 11.2. The number of phenols is 1. The van der Waals surface area contributed by atoms with E-state index in [-0.39, 0.29) is 11.3 Å². The van der Waals surface area contributed by atoms with Crippen molar-refractivity contribution in [2.24, 2.45) is 0 Å². The zero-order chi connectivity index (χ0) is 18.0. The lowest BCUT2D eigenvalue weighted by atomic mass is 9.82. The summed E-state index contributed by atoms with van der Waals surface area (Å²) >= 11 is 0. The van der Waals surface area contributed by atoms with Gasteiger partial charge in [-0.2, -0.15) is 0 Å². The number of benzene rings is 2. The predicted molar refractivity (Wildman–Crippen MR) is 95.7 cm³/mol. The largest absolute Gasteiger partial charge is 0.507 e. The third kappa shape index (κ3) is 3.84. The van der Waals surface area contributed by atoms with E-state index in [2.05, 4.69) is 0 Å². The Morgan fingerprint density at radius 1 is 1.00 bits per heavy atom. The minimum Gasteiger partial charge on any atom is -0.507 e. The molecule has 3 rings (SSSR count). The van der Waals surface area contributed by atoms with E-state index in [9.17, 15) is 14.5 Å². The lowest BCUT2D eigenvalue weighted by Gasteiger charge is -2.23. The maximum Gasteiger partial charge on any atom is 0.396 e. The molecule has 2 aromatic carbocycles. The minimum atomic E-state index is -4.83. The van der Waals surface area contributed by atoms with E-state index < -0.39 is 13.1 Å². The van der Waals surface area contributed by atoms with Gasteiger partial charge in [0, 0.05) is 11.1 Å². The first-order valence-corrected chi connectivity index (χ1v) is 10.0. The van der Waals surface area contributed by atoms with Crippen LogP contribution >= 0.6 is 7.60 Å². The molecule has 132 valence electrons. The SMILES string of the molecule is O=C(c1cccc(-c2cccc(C3CCCCC3)c2O)c1)P(=O)(O)O. The van der Waals surface area contributed by atoms with Crippen LogP contribution in [0.2, 0.25) is 0 Å². The molecular formula is C19H21O5P. The van der Waals surface area contributed by atoms with Crippen molar-refractivity contribution < 1.29 is 24.3 Å². The molecule has 1 aliphatic rings. The van der Waals surface area contributed by atoms with E-state index in [0.717, 1.165) is 31.2 Å². The monoisotopic (exact) mass is 360 g/mol. The van der Waals surface area contributed by atoms with Crippen molar-refractivity contribution in [1.82, 2.24) is 0 Å². The third-order valence-corrected chi connectivity index (χ3v) is 5.58. The van der Waals surface area contributed by atoms with Crippen molar-refractivity contribution in [2.75, 3.05) is 0 Å². The zero-order valence-corrected chi connectivity index (χ0v) is 14.7. The molecule has 5 nitrogen and oxygen atoms in total. The first kappa shape index (κ1) is 17.9. The number of carbonyl (C=O) groups is 1.